The fourth-order valence-corrected chi connectivity index (χ4v) is 3.20. The van der Waals surface area contributed by atoms with Crippen LogP contribution in [0.1, 0.15) is 49.3 Å². The topological polar surface area (TPSA) is 133 Å². The van der Waals surface area contributed by atoms with Crippen LogP contribution in [0.5, 0.6) is 23.6 Å². The molecule has 0 saturated heterocycles. The number of amides is 1. The molecule has 0 spiro atoms. The number of rotatable bonds is 11. The van der Waals surface area contributed by atoms with E-state index < -0.39 is 5.91 Å². The van der Waals surface area contributed by atoms with Gasteiger partial charge in [0.15, 0.2) is 11.4 Å². The highest BCUT2D eigenvalue weighted by molar-refractivity contribution is 6.04. The van der Waals surface area contributed by atoms with Gasteiger partial charge in [0, 0.05) is 13.1 Å². The molecule has 0 aliphatic heterocycles. The van der Waals surface area contributed by atoms with Gasteiger partial charge in [-0.2, -0.15) is 15.0 Å². The molecule has 0 aliphatic carbocycles. The molecule has 0 atom stereocenters. The second-order valence-corrected chi connectivity index (χ2v) is 9.01. The van der Waals surface area contributed by atoms with Crippen LogP contribution in [0.2, 0.25) is 0 Å². The number of likely N-dealkylation sites (N-methyl/N-ethyl adjacent to an activating group) is 1. The third-order valence-electron chi connectivity index (χ3n) is 5.27. The molecule has 3 N–H and O–H groups in total. The second-order valence-electron chi connectivity index (χ2n) is 9.01. The van der Waals surface area contributed by atoms with Gasteiger partial charge in [0.25, 0.3) is 5.91 Å². The van der Waals surface area contributed by atoms with Crippen molar-refractivity contribution in [2.24, 2.45) is 0 Å². The molecule has 3 rings (SSSR count). The maximum Gasteiger partial charge on any atom is 0.399 e. The molecule has 2 heterocycles. The Balaban J connectivity index is 1.76. The predicted octanol–water partition coefficient (Wildman–Crippen LogP) is 4.15. The summed E-state index contributed by atoms with van der Waals surface area (Å²) < 4.78 is 22.0. The zero-order valence-electron chi connectivity index (χ0n) is 21.8. The number of carbonyl (C=O) groups excluding carboxylic acids is 1. The van der Waals surface area contributed by atoms with Gasteiger partial charge in [0.05, 0.1) is 14.2 Å². The first-order valence-corrected chi connectivity index (χ1v) is 11.7. The Morgan fingerprint density at radius 3 is 2.36 bits per heavy atom. The number of hydrogen-bond acceptors (Lipinski definition) is 10. The van der Waals surface area contributed by atoms with Crippen molar-refractivity contribution in [1.29, 1.82) is 0 Å². The van der Waals surface area contributed by atoms with E-state index in [1.54, 1.807) is 0 Å². The number of carbonyl (C=O) groups is 1. The second kappa shape index (κ2) is 11.7. The number of hydrogen-bond donors (Lipinski definition) is 3. The summed E-state index contributed by atoms with van der Waals surface area (Å²) in [5, 5.41) is 8.97. The highest BCUT2D eigenvalue weighted by atomic mass is 16.6. The Hall–Kier alpha value is -3.86. The SMILES string of the molecule is CCNCCNc1nc(OC)c(NC(=O)c2coc(Oc3cc(C(C)(C)C)ccc3C)n2)c(OC)n1. The molecule has 0 bridgehead atoms. The van der Waals surface area contributed by atoms with Crippen LogP contribution < -0.4 is 30.2 Å². The summed E-state index contributed by atoms with van der Waals surface area (Å²) >= 11 is 0. The number of nitrogens with one attached hydrogen (secondary N) is 3. The Morgan fingerprint density at radius 2 is 1.75 bits per heavy atom. The van der Waals surface area contributed by atoms with Crippen LogP contribution in [0.15, 0.2) is 28.9 Å². The normalized spacial score (nSPS) is 11.2. The Kier molecular flexibility index (Phi) is 8.70. The van der Waals surface area contributed by atoms with E-state index in [0.29, 0.717) is 18.2 Å². The van der Waals surface area contributed by atoms with Crippen molar-refractivity contribution in [3.63, 3.8) is 0 Å². The lowest BCUT2D eigenvalue weighted by molar-refractivity contribution is 0.102. The van der Waals surface area contributed by atoms with Gasteiger partial charge in [-0.05, 0) is 36.1 Å². The number of anilines is 2. The minimum atomic E-state index is -0.568. The van der Waals surface area contributed by atoms with Gasteiger partial charge in [-0.3, -0.25) is 4.79 Å². The van der Waals surface area contributed by atoms with E-state index in [-0.39, 0.29) is 34.6 Å². The van der Waals surface area contributed by atoms with Crippen molar-refractivity contribution in [2.45, 2.75) is 40.0 Å². The molecule has 0 unspecified atom stereocenters. The van der Waals surface area contributed by atoms with E-state index in [0.717, 1.165) is 24.2 Å². The smallest absolute Gasteiger partial charge is 0.399 e. The fraction of sp³-hybridized carbons (Fsp3) is 0.440. The first-order chi connectivity index (χ1) is 17.2. The number of aryl methyl sites for hydroxylation is 1. The number of ether oxygens (including phenoxy) is 3. The number of benzene rings is 1. The molecule has 36 heavy (non-hydrogen) atoms. The fourth-order valence-electron chi connectivity index (χ4n) is 3.20. The molecule has 3 aromatic rings. The lowest BCUT2D eigenvalue weighted by Gasteiger charge is -2.20. The van der Waals surface area contributed by atoms with Gasteiger partial charge >= 0.3 is 6.08 Å². The van der Waals surface area contributed by atoms with E-state index >= 15 is 0 Å². The Labute approximate surface area is 211 Å². The first-order valence-electron chi connectivity index (χ1n) is 11.7. The van der Waals surface area contributed by atoms with Gasteiger partial charge in [-0.15, -0.1) is 0 Å². The summed E-state index contributed by atoms with van der Waals surface area (Å²) in [6.07, 6.45) is 1.16. The number of nitrogens with zero attached hydrogens (tertiary/aromatic N) is 3. The highest BCUT2D eigenvalue weighted by Crippen LogP contribution is 2.34. The summed E-state index contributed by atoms with van der Waals surface area (Å²) in [5.41, 5.74) is 2.14. The molecule has 0 saturated carbocycles. The first kappa shape index (κ1) is 26.7. The van der Waals surface area contributed by atoms with Crippen LogP contribution in [0, 0.1) is 6.92 Å². The maximum absolute atomic E-state index is 12.9. The van der Waals surface area contributed by atoms with Crippen molar-refractivity contribution in [3.05, 3.63) is 41.3 Å². The molecule has 0 aliphatic rings. The van der Waals surface area contributed by atoms with E-state index in [2.05, 4.69) is 57.7 Å². The highest BCUT2D eigenvalue weighted by Gasteiger charge is 2.22. The van der Waals surface area contributed by atoms with Crippen LogP contribution in [0.25, 0.3) is 0 Å². The number of aromatic nitrogens is 3. The van der Waals surface area contributed by atoms with Crippen molar-refractivity contribution >= 4 is 17.5 Å². The minimum absolute atomic E-state index is 0.00609. The lowest BCUT2D eigenvalue weighted by Crippen LogP contribution is -2.22. The Morgan fingerprint density at radius 1 is 1.06 bits per heavy atom. The van der Waals surface area contributed by atoms with Crippen LogP contribution in [0.4, 0.5) is 11.6 Å². The maximum atomic E-state index is 12.9. The van der Waals surface area contributed by atoms with Crippen molar-refractivity contribution in [3.8, 4) is 23.6 Å². The quantitative estimate of drug-likeness (QED) is 0.331. The van der Waals surface area contributed by atoms with Gasteiger partial charge in [-0.1, -0.05) is 39.8 Å². The third-order valence-corrected chi connectivity index (χ3v) is 5.27. The van der Waals surface area contributed by atoms with Gasteiger partial charge < -0.3 is 34.6 Å². The van der Waals surface area contributed by atoms with Crippen molar-refractivity contribution in [1.82, 2.24) is 20.3 Å². The van der Waals surface area contributed by atoms with Crippen LogP contribution in [-0.2, 0) is 5.41 Å². The van der Waals surface area contributed by atoms with Gasteiger partial charge in [0.1, 0.15) is 12.0 Å². The molecule has 194 valence electrons. The lowest BCUT2D eigenvalue weighted by atomic mass is 9.86. The predicted molar refractivity (Wildman–Crippen MR) is 137 cm³/mol. The zero-order valence-corrected chi connectivity index (χ0v) is 21.8. The van der Waals surface area contributed by atoms with E-state index in [1.165, 1.54) is 20.5 Å². The van der Waals surface area contributed by atoms with Crippen LogP contribution >= 0.6 is 0 Å². The molecule has 2 aromatic heterocycles. The monoisotopic (exact) mass is 498 g/mol. The Bertz CT molecular complexity index is 1160. The molecule has 1 aromatic carbocycles. The van der Waals surface area contributed by atoms with Crippen LogP contribution in [0.3, 0.4) is 0 Å². The molecule has 0 fully saturated rings. The van der Waals surface area contributed by atoms with Crippen molar-refractivity contribution in [2.75, 3.05) is 44.5 Å². The summed E-state index contributed by atoms with van der Waals surface area (Å²) in [7, 11) is 2.88. The van der Waals surface area contributed by atoms with Gasteiger partial charge in [-0.25, -0.2) is 0 Å². The van der Waals surface area contributed by atoms with Crippen LogP contribution in [-0.4, -0.2) is 54.7 Å². The average Bonchev–Trinajstić information content (AvgIpc) is 3.31. The van der Waals surface area contributed by atoms with Gasteiger partial charge in [0.2, 0.25) is 17.7 Å². The summed E-state index contributed by atoms with van der Waals surface area (Å²) in [5.74, 6) is 0.614. The van der Waals surface area contributed by atoms with E-state index in [9.17, 15) is 4.79 Å². The molecule has 11 heteroatoms. The zero-order chi connectivity index (χ0) is 26.3. The third kappa shape index (κ3) is 6.63. The average molecular weight is 499 g/mol. The number of oxazole rings is 1. The molecule has 1 amide bonds. The summed E-state index contributed by atoms with van der Waals surface area (Å²) in [4.78, 5) is 25.7. The van der Waals surface area contributed by atoms with Crippen molar-refractivity contribution < 1.29 is 23.4 Å². The summed E-state index contributed by atoms with van der Waals surface area (Å²) in [6, 6.07) is 5.98. The van der Waals surface area contributed by atoms with E-state index in [1.807, 2.05) is 26.0 Å². The van der Waals surface area contributed by atoms with E-state index in [4.69, 9.17) is 18.6 Å². The summed E-state index contributed by atoms with van der Waals surface area (Å²) in [6.45, 7) is 12.5. The molecule has 11 nitrogen and oxygen atoms in total. The standard InChI is InChI=1S/C25H34N6O5/c1-8-26-11-12-27-23-30-21(33-6)19(22(31-23)34-7)29-20(32)17-14-35-24(28-17)36-18-13-16(25(3,4)5)10-9-15(18)2/h9-10,13-14,26H,8,11-12H2,1-7H3,(H,29,32)(H,27,30,31). The minimum Gasteiger partial charge on any atom is -0.479 e. The largest absolute Gasteiger partial charge is 0.479 e. The number of methoxy groups -OCH3 is 2. The molecular weight excluding hydrogens is 464 g/mol. The molecular formula is C25H34N6O5. The molecule has 0 radical (unpaired) electrons.